The lowest BCUT2D eigenvalue weighted by Gasteiger charge is -2.18. The van der Waals surface area contributed by atoms with Crippen LogP contribution in [0.2, 0.25) is 0 Å². The van der Waals surface area contributed by atoms with Gasteiger partial charge >= 0.3 is 0 Å². The molecule has 0 aliphatic heterocycles. The fraction of sp³-hybridized carbons (Fsp3) is 0.235. The van der Waals surface area contributed by atoms with Crippen LogP contribution in [0.15, 0.2) is 35.5 Å². The molecule has 0 atom stereocenters. The minimum absolute atomic E-state index is 0.0689. The number of nitrogens with one attached hydrogen (secondary N) is 1. The van der Waals surface area contributed by atoms with Gasteiger partial charge in [0.2, 0.25) is 0 Å². The zero-order valence-corrected chi connectivity index (χ0v) is 15.6. The minimum Gasteiger partial charge on any atom is -0.364 e. The van der Waals surface area contributed by atoms with Crippen LogP contribution in [0.4, 0.5) is 0 Å². The first-order valence-corrected chi connectivity index (χ1v) is 9.79. The van der Waals surface area contributed by atoms with Gasteiger partial charge in [-0.3, -0.25) is 4.79 Å². The van der Waals surface area contributed by atoms with Crippen LogP contribution in [0.5, 0.6) is 0 Å². The Morgan fingerprint density at radius 1 is 1.26 bits per heavy atom. The molecule has 0 saturated carbocycles. The van der Waals surface area contributed by atoms with E-state index in [2.05, 4.69) is 14.9 Å². The standard InChI is InChI=1S/C17H18N6O3S/c1-10-19-14(9-22(10)2)27(25,26)21-23-16-12-6-4-3-5-11(12)7-8-13(16)15(20-23)17(18)24/h3-6,9,21H,7-8H2,1-2H3,(H2,18,24). The summed E-state index contributed by atoms with van der Waals surface area (Å²) < 4.78 is 27.2. The fourth-order valence-electron chi connectivity index (χ4n) is 3.27. The van der Waals surface area contributed by atoms with Gasteiger partial charge in [-0.2, -0.15) is 18.0 Å². The molecule has 1 amide bonds. The quantitative estimate of drug-likeness (QED) is 0.684. The summed E-state index contributed by atoms with van der Waals surface area (Å²) in [6.45, 7) is 1.70. The first kappa shape index (κ1) is 17.3. The van der Waals surface area contributed by atoms with Crippen molar-refractivity contribution < 1.29 is 13.2 Å². The molecule has 1 aliphatic carbocycles. The molecule has 4 rings (SSSR count). The molecule has 0 fully saturated rings. The Kier molecular flexibility index (Phi) is 3.81. The lowest BCUT2D eigenvalue weighted by molar-refractivity contribution is 0.0994. The molecule has 27 heavy (non-hydrogen) atoms. The van der Waals surface area contributed by atoms with Crippen LogP contribution in [-0.2, 0) is 29.9 Å². The number of benzene rings is 1. The number of nitrogens with zero attached hydrogens (tertiary/aromatic N) is 4. The maximum absolute atomic E-state index is 12.8. The number of amides is 1. The molecule has 3 aromatic rings. The van der Waals surface area contributed by atoms with Crippen LogP contribution in [0, 0.1) is 6.92 Å². The van der Waals surface area contributed by atoms with E-state index in [0.717, 1.165) is 22.3 Å². The van der Waals surface area contributed by atoms with E-state index < -0.39 is 15.9 Å². The molecule has 140 valence electrons. The highest BCUT2D eigenvalue weighted by atomic mass is 32.2. The second-order valence-electron chi connectivity index (χ2n) is 6.44. The molecule has 10 heteroatoms. The normalized spacial score (nSPS) is 13.1. The molecule has 3 N–H and O–H groups in total. The van der Waals surface area contributed by atoms with Gasteiger partial charge in [0.25, 0.3) is 15.9 Å². The Morgan fingerprint density at radius 3 is 2.67 bits per heavy atom. The van der Waals surface area contributed by atoms with Gasteiger partial charge in [0, 0.05) is 24.4 Å². The van der Waals surface area contributed by atoms with E-state index in [1.807, 2.05) is 24.3 Å². The van der Waals surface area contributed by atoms with Gasteiger partial charge in [0.1, 0.15) is 5.82 Å². The van der Waals surface area contributed by atoms with Crippen molar-refractivity contribution in [3.05, 3.63) is 53.1 Å². The zero-order valence-electron chi connectivity index (χ0n) is 14.8. The number of rotatable bonds is 4. The molecule has 0 saturated heterocycles. The number of fused-ring (bicyclic) bond motifs is 3. The number of imidazole rings is 1. The highest BCUT2D eigenvalue weighted by Crippen LogP contribution is 2.35. The van der Waals surface area contributed by atoms with Crippen molar-refractivity contribution in [1.82, 2.24) is 19.4 Å². The summed E-state index contributed by atoms with van der Waals surface area (Å²) in [6, 6.07) is 7.61. The van der Waals surface area contributed by atoms with E-state index in [4.69, 9.17) is 5.73 Å². The van der Waals surface area contributed by atoms with E-state index in [0.29, 0.717) is 23.5 Å². The lowest BCUT2D eigenvalue weighted by atomic mass is 9.89. The average molecular weight is 386 g/mol. The Morgan fingerprint density at radius 2 is 2.00 bits per heavy atom. The SMILES string of the molecule is Cc1nc(S(=O)(=O)Nn2nc(C(N)=O)c3c2-c2ccccc2CC3)cn1C. The highest BCUT2D eigenvalue weighted by molar-refractivity contribution is 7.92. The molecule has 2 aromatic heterocycles. The number of aryl methyl sites for hydroxylation is 3. The third-order valence-corrected chi connectivity index (χ3v) is 5.86. The van der Waals surface area contributed by atoms with Gasteiger partial charge in [0.15, 0.2) is 10.7 Å². The maximum atomic E-state index is 12.8. The molecule has 0 radical (unpaired) electrons. The van der Waals surface area contributed by atoms with Crippen molar-refractivity contribution in [3.63, 3.8) is 0 Å². The molecular formula is C17H18N6O3S. The van der Waals surface area contributed by atoms with Crippen LogP contribution in [-0.4, -0.2) is 33.8 Å². The predicted octanol–water partition coefficient (Wildman–Crippen LogP) is 0.722. The van der Waals surface area contributed by atoms with Gasteiger partial charge in [-0.25, -0.2) is 4.98 Å². The van der Waals surface area contributed by atoms with Crippen LogP contribution >= 0.6 is 0 Å². The molecule has 0 unspecified atom stereocenters. The summed E-state index contributed by atoms with van der Waals surface area (Å²) in [6.07, 6.45) is 2.69. The molecule has 1 aromatic carbocycles. The fourth-order valence-corrected chi connectivity index (χ4v) is 4.28. The Labute approximate surface area is 155 Å². The van der Waals surface area contributed by atoms with Gasteiger partial charge < -0.3 is 10.3 Å². The molecule has 9 nitrogen and oxygen atoms in total. The molecule has 2 heterocycles. The molecule has 0 spiro atoms. The summed E-state index contributed by atoms with van der Waals surface area (Å²) >= 11 is 0. The third-order valence-electron chi connectivity index (χ3n) is 4.70. The summed E-state index contributed by atoms with van der Waals surface area (Å²) in [4.78, 5) is 19.4. The maximum Gasteiger partial charge on any atom is 0.295 e. The second kappa shape index (κ2) is 5.95. The Bertz CT molecular complexity index is 1160. The van der Waals surface area contributed by atoms with E-state index in [-0.39, 0.29) is 10.7 Å². The number of hydrogen-bond donors (Lipinski definition) is 2. The molecular weight excluding hydrogens is 368 g/mol. The van der Waals surface area contributed by atoms with Crippen LogP contribution in [0.25, 0.3) is 11.3 Å². The number of aromatic nitrogens is 4. The summed E-state index contributed by atoms with van der Waals surface area (Å²) in [5.74, 6) is -0.140. The Hall–Kier alpha value is -3.14. The number of sulfonamides is 1. The number of hydrogen-bond acceptors (Lipinski definition) is 5. The number of carbonyl (C=O) groups is 1. The van der Waals surface area contributed by atoms with Gasteiger partial charge in [-0.05, 0) is 25.3 Å². The summed E-state index contributed by atoms with van der Waals surface area (Å²) in [5.41, 5.74) is 8.57. The van der Waals surface area contributed by atoms with Crippen molar-refractivity contribution in [2.75, 3.05) is 4.83 Å². The number of carbonyl (C=O) groups excluding carboxylic acids is 1. The molecule has 1 aliphatic rings. The minimum atomic E-state index is -4.00. The lowest BCUT2D eigenvalue weighted by Crippen LogP contribution is -2.26. The topological polar surface area (TPSA) is 125 Å². The smallest absolute Gasteiger partial charge is 0.295 e. The highest BCUT2D eigenvalue weighted by Gasteiger charge is 2.30. The first-order valence-electron chi connectivity index (χ1n) is 8.30. The average Bonchev–Trinajstić information content (AvgIpc) is 3.16. The monoisotopic (exact) mass is 386 g/mol. The zero-order chi connectivity index (χ0) is 19.3. The van der Waals surface area contributed by atoms with Crippen molar-refractivity contribution in [2.24, 2.45) is 12.8 Å². The predicted molar refractivity (Wildman–Crippen MR) is 98.1 cm³/mol. The van der Waals surface area contributed by atoms with E-state index in [1.54, 1.807) is 18.5 Å². The summed E-state index contributed by atoms with van der Waals surface area (Å²) in [7, 11) is -2.29. The van der Waals surface area contributed by atoms with E-state index in [1.165, 1.54) is 6.20 Å². The largest absolute Gasteiger partial charge is 0.364 e. The van der Waals surface area contributed by atoms with Crippen molar-refractivity contribution in [1.29, 1.82) is 0 Å². The van der Waals surface area contributed by atoms with Gasteiger partial charge in [-0.1, -0.05) is 24.3 Å². The van der Waals surface area contributed by atoms with Gasteiger partial charge in [-0.15, -0.1) is 5.10 Å². The van der Waals surface area contributed by atoms with Crippen molar-refractivity contribution in [3.8, 4) is 11.3 Å². The van der Waals surface area contributed by atoms with Crippen LogP contribution < -0.4 is 10.6 Å². The second-order valence-corrected chi connectivity index (χ2v) is 8.05. The summed E-state index contributed by atoms with van der Waals surface area (Å²) in [5, 5.41) is 4.02. The van der Waals surface area contributed by atoms with E-state index in [9.17, 15) is 13.2 Å². The first-order chi connectivity index (χ1) is 12.8. The van der Waals surface area contributed by atoms with Crippen molar-refractivity contribution >= 4 is 15.9 Å². The molecule has 0 bridgehead atoms. The third kappa shape index (κ3) is 2.78. The Balaban J connectivity index is 1.86. The van der Waals surface area contributed by atoms with E-state index >= 15 is 0 Å². The number of primary amides is 1. The van der Waals surface area contributed by atoms with Crippen LogP contribution in [0.1, 0.15) is 27.4 Å². The van der Waals surface area contributed by atoms with Gasteiger partial charge in [0.05, 0.1) is 5.69 Å². The van der Waals surface area contributed by atoms with Crippen LogP contribution in [0.3, 0.4) is 0 Å². The van der Waals surface area contributed by atoms with Crippen molar-refractivity contribution in [2.45, 2.75) is 24.8 Å². The number of nitrogens with two attached hydrogens (primary N) is 1.